The summed E-state index contributed by atoms with van der Waals surface area (Å²) in [6, 6.07) is 3.42. The van der Waals surface area contributed by atoms with Crippen molar-refractivity contribution >= 4 is 29.7 Å². The van der Waals surface area contributed by atoms with E-state index in [0.717, 1.165) is 50.9 Å². The van der Waals surface area contributed by atoms with E-state index in [0.29, 0.717) is 24.6 Å². The maximum absolute atomic E-state index is 13.0. The Hall–Kier alpha value is -1.47. The van der Waals surface area contributed by atoms with E-state index < -0.39 is 11.7 Å². The minimum atomic E-state index is -4.43. The second-order valence-corrected chi connectivity index (χ2v) is 6.48. The van der Waals surface area contributed by atoms with E-state index in [-0.39, 0.29) is 24.0 Å². The lowest BCUT2D eigenvalue weighted by atomic mass is 10.0. The fourth-order valence-electron chi connectivity index (χ4n) is 2.89. The zero-order valence-electron chi connectivity index (χ0n) is 14.9. The van der Waals surface area contributed by atoms with Gasteiger partial charge in [-0.3, -0.25) is 4.79 Å². The normalized spacial score (nSPS) is 16.8. The molecule has 0 radical (unpaired) electrons. The van der Waals surface area contributed by atoms with Crippen molar-refractivity contribution in [1.82, 2.24) is 5.32 Å². The number of rotatable bonds is 8. The lowest BCUT2D eigenvalue weighted by molar-refractivity contribution is -0.137. The second kappa shape index (κ2) is 10.6. The largest absolute Gasteiger partial charge is 0.416 e. The maximum atomic E-state index is 13.0. The van der Waals surface area contributed by atoms with Crippen LogP contribution < -0.4 is 16.0 Å². The summed E-state index contributed by atoms with van der Waals surface area (Å²) in [4.78, 5) is 12.2. The van der Waals surface area contributed by atoms with Gasteiger partial charge < -0.3 is 16.0 Å². The van der Waals surface area contributed by atoms with Gasteiger partial charge in [0, 0.05) is 13.0 Å². The lowest BCUT2D eigenvalue weighted by Crippen LogP contribution is -2.17. The predicted octanol–water partition coefficient (Wildman–Crippen LogP) is 4.67. The van der Waals surface area contributed by atoms with Crippen LogP contribution in [0.4, 0.5) is 24.5 Å². The van der Waals surface area contributed by atoms with Crippen molar-refractivity contribution in [2.24, 2.45) is 5.92 Å². The smallest absolute Gasteiger partial charge is 0.383 e. The van der Waals surface area contributed by atoms with Crippen LogP contribution in [-0.4, -0.2) is 25.5 Å². The van der Waals surface area contributed by atoms with E-state index in [9.17, 15) is 18.0 Å². The van der Waals surface area contributed by atoms with E-state index >= 15 is 0 Å². The van der Waals surface area contributed by atoms with Crippen LogP contribution in [0.5, 0.6) is 0 Å². The first-order valence-electron chi connectivity index (χ1n) is 8.86. The fourth-order valence-corrected chi connectivity index (χ4v) is 2.89. The number of nitrogens with one attached hydrogen (secondary N) is 3. The molecule has 1 aromatic rings. The van der Waals surface area contributed by atoms with Gasteiger partial charge in [-0.1, -0.05) is 13.3 Å². The van der Waals surface area contributed by atoms with Crippen LogP contribution in [0.25, 0.3) is 0 Å². The zero-order valence-corrected chi connectivity index (χ0v) is 15.7. The minimum Gasteiger partial charge on any atom is -0.383 e. The van der Waals surface area contributed by atoms with Crippen molar-refractivity contribution in [2.45, 2.75) is 45.2 Å². The Morgan fingerprint density at radius 2 is 2.08 bits per heavy atom. The van der Waals surface area contributed by atoms with Gasteiger partial charge in [0.15, 0.2) is 0 Å². The van der Waals surface area contributed by atoms with Crippen LogP contribution in [-0.2, 0) is 11.0 Å². The van der Waals surface area contributed by atoms with Gasteiger partial charge in [-0.05, 0) is 56.5 Å². The van der Waals surface area contributed by atoms with Crippen LogP contribution in [0, 0.1) is 5.92 Å². The third kappa shape index (κ3) is 7.03. The van der Waals surface area contributed by atoms with Gasteiger partial charge in [0.2, 0.25) is 5.91 Å². The standard InChI is InChI=1S/C18H26F3N3O.ClH/c1-2-3-9-23-15-6-5-14(18(19,20)21)11-16(15)24-17(25)7-4-13-8-10-22-12-13;/h5-6,11,13,22-23H,2-4,7-10,12H2,1H3,(H,24,25);1H. The average molecular weight is 394 g/mol. The molecule has 1 aliphatic heterocycles. The summed E-state index contributed by atoms with van der Waals surface area (Å²) >= 11 is 0. The third-order valence-electron chi connectivity index (χ3n) is 4.41. The number of unbranched alkanes of at least 4 members (excludes halogenated alkanes) is 1. The number of amides is 1. The van der Waals surface area contributed by atoms with Crippen LogP contribution in [0.15, 0.2) is 18.2 Å². The lowest BCUT2D eigenvalue weighted by Gasteiger charge is -2.16. The molecule has 26 heavy (non-hydrogen) atoms. The molecular formula is C18H27ClF3N3O. The van der Waals surface area contributed by atoms with Crippen LogP contribution in [0.3, 0.4) is 0 Å². The summed E-state index contributed by atoms with van der Waals surface area (Å²) in [6.45, 7) is 4.56. The summed E-state index contributed by atoms with van der Waals surface area (Å²) in [5.74, 6) is 0.221. The Kier molecular flexibility index (Phi) is 9.22. The van der Waals surface area contributed by atoms with Crippen molar-refractivity contribution in [3.63, 3.8) is 0 Å². The maximum Gasteiger partial charge on any atom is 0.416 e. The van der Waals surface area contributed by atoms with Crippen molar-refractivity contribution in [3.8, 4) is 0 Å². The van der Waals surface area contributed by atoms with Gasteiger partial charge in [-0.25, -0.2) is 0 Å². The van der Waals surface area contributed by atoms with Crippen LogP contribution in [0.2, 0.25) is 0 Å². The number of hydrogen-bond acceptors (Lipinski definition) is 3. The van der Waals surface area contributed by atoms with Crippen molar-refractivity contribution in [1.29, 1.82) is 0 Å². The van der Waals surface area contributed by atoms with E-state index in [2.05, 4.69) is 16.0 Å². The Balaban J connectivity index is 0.00000338. The molecule has 2 rings (SSSR count). The highest BCUT2D eigenvalue weighted by Crippen LogP contribution is 2.34. The van der Waals surface area contributed by atoms with E-state index in [1.165, 1.54) is 6.07 Å². The number of alkyl halides is 3. The van der Waals surface area contributed by atoms with Gasteiger partial charge in [0.05, 0.1) is 16.9 Å². The molecule has 1 unspecified atom stereocenters. The number of anilines is 2. The molecule has 0 bridgehead atoms. The first kappa shape index (κ1) is 22.6. The number of halogens is 4. The van der Waals surface area contributed by atoms with E-state index in [4.69, 9.17) is 0 Å². The van der Waals surface area contributed by atoms with Gasteiger partial charge >= 0.3 is 6.18 Å². The molecule has 1 atom stereocenters. The molecule has 0 saturated carbocycles. The SMILES string of the molecule is CCCCNc1ccc(C(F)(F)F)cc1NC(=O)CCC1CCNC1.Cl. The Morgan fingerprint density at radius 3 is 2.69 bits per heavy atom. The molecule has 1 aromatic carbocycles. The topological polar surface area (TPSA) is 53.2 Å². The minimum absolute atomic E-state index is 0. The Morgan fingerprint density at radius 1 is 1.31 bits per heavy atom. The number of carbonyl (C=O) groups excluding carboxylic acids is 1. The first-order valence-corrected chi connectivity index (χ1v) is 8.86. The van der Waals surface area contributed by atoms with Crippen molar-refractivity contribution in [2.75, 3.05) is 30.3 Å². The molecule has 1 amide bonds. The quantitative estimate of drug-likeness (QED) is 0.563. The van der Waals surface area contributed by atoms with Crippen LogP contribution >= 0.6 is 12.4 Å². The van der Waals surface area contributed by atoms with Crippen molar-refractivity contribution in [3.05, 3.63) is 23.8 Å². The average Bonchev–Trinajstić information content (AvgIpc) is 3.07. The Bertz CT molecular complexity index is 575. The molecule has 3 N–H and O–H groups in total. The molecule has 0 spiro atoms. The molecule has 0 aromatic heterocycles. The summed E-state index contributed by atoms with van der Waals surface area (Å²) in [5, 5.41) is 9.00. The highest BCUT2D eigenvalue weighted by molar-refractivity contribution is 5.94. The highest BCUT2D eigenvalue weighted by atomic mass is 35.5. The van der Waals surface area contributed by atoms with E-state index in [1.807, 2.05) is 6.92 Å². The van der Waals surface area contributed by atoms with Gasteiger partial charge in [0.25, 0.3) is 0 Å². The summed E-state index contributed by atoms with van der Waals surface area (Å²) < 4.78 is 38.9. The monoisotopic (exact) mass is 393 g/mol. The van der Waals surface area contributed by atoms with Gasteiger partial charge in [0.1, 0.15) is 0 Å². The predicted molar refractivity (Wildman–Crippen MR) is 101 cm³/mol. The van der Waals surface area contributed by atoms with Gasteiger partial charge in [-0.15, -0.1) is 12.4 Å². The van der Waals surface area contributed by atoms with Crippen LogP contribution in [0.1, 0.15) is 44.6 Å². The number of carbonyl (C=O) groups is 1. The summed E-state index contributed by atoms with van der Waals surface area (Å²) in [6.07, 6.45) is -0.446. The molecular weight excluding hydrogens is 367 g/mol. The molecule has 0 aliphatic carbocycles. The third-order valence-corrected chi connectivity index (χ3v) is 4.41. The van der Waals surface area contributed by atoms with Gasteiger partial charge in [-0.2, -0.15) is 13.2 Å². The highest BCUT2D eigenvalue weighted by Gasteiger charge is 2.31. The molecule has 148 valence electrons. The molecule has 8 heteroatoms. The summed E-state index contributed by atoms with van der Waals surface area (Å²) in [7, 11) is 0. The molecule has 1 aliphatic rings. The molecule has 1 fully saturated rings. The molecule has 1 heterocycles. The molecule has 4 nitrogen and oxygen atoms in total. The molecule has 1 saturated heterocycles. The zero-order chi connectivity index (χ0) is 18.3. The summed E-state index contributed by atoms with van der Waals surface area (Å²) in [5.41, 5.74) is -0.0401. The number of benzene rings is 1. The Labute approximate surface area is 158 Å². The second-order valence-electron chi connectivity index (χ2n) is 6.48. The van der Waals surface area contributed by atoms with E-state index in [1.54, 1.807) is 0 Å². The fraction of sp³-hybridized carbons (Fsp3) is 0.611. The first-order chi connectivity index (χ1) is 11.9. The number of hydrogen-bond donors (Lipinski definition) is 3. The van der Waals surface area contributed by atoms with Crippen molar-refractivity contribution < 1.29 is 18.0 Å².